The Morgan fingerprint density at radius 2 is 2.00 bits per heavy atom. The van der Waals surface area contributed by atoms with Crippen molar-refractivity contribution in [3.05, 3.63) is 66.6 Å². The number of nitro benzene ring substituents is 1. The van der Waals surface area contributed by atoms with Crippen LogP contribution in [-0.2, 0) is 6.61 Å². The van der Waals surface area contributed by atoms with Crippen molar-refractivity contribution >= 4 is 33.2 Å². The lowest BCUT2D eigenvalue weighted by atomic mass is 10.1. The molecule has 0 saturated heterocycles. The minimum absolute atomic E-state index is 0.0271. The van der Waals surface area contributed by atoms with E-state index in [1.807, 2.05) is 25.1 Å². The first kappa shape index (κ1) is 15.8. The highest BCUT2D eigenvalue weighted by molar-refractivity contribution is 9.10. The first-order chi connectivity index (χ1) is 9.88. The van der Waals surface area contributed by atoms with E-state index in [-0.39, 0.29) is 18.0 Å². The fourth-order valence-electron chi connectivity index (χ4n) is 2.04. The molecule has 6 heteroatoms. The molecule has 0 bridgehead atoms. The molecular formula is C15H13BrClNO3. The second kappa shape index (κ2) is 6.45. The molecule has 0 unspecified atom stereocenters. The van der Waals surface area contributed by atoms with E-state index < -0.39 is 4.92 Å². The van der Waals surface area contributed by atoms with Crippen LogP contribution in [0.4, 0.5) is 5.69 Å². The van der Waals surface area contributed by atoms with Gasteiger partial charge >= 0.3 is 5.69 Å². The lowest BCUT2D eigenvalue weighted by Gasteiger charge is -2.11. The lowest BCUT2D eigenvalue weighted by Crippen LogP contribution is -2.02. The van der Waals surface area contributed by atoms with Crippen LogP contribution in [-0.4, -0.2) is 4.92 Å². The summed E-state index contributed by atoms with van der Waals surface area (Å²) >= 11 is 9.45. The summed E-state index contributed by atoms with van der Waals surface area (Å²) in [5.41, 5.74) is 2.30. The molecule has 0 heterocycles. The van der Waals surface area contributed by atoms with E-state index in [0.29, 0.717) is 5.02 Å². The van der Waals surface area contributed by atoms with E-state index in [1.54, 1.807) is 13.0 Å². The van der Waals surface area contributed by atoms with Crippen molar-refractivity contribution in [2.45, 2.75) is 20.5 Å². The molecule has 2 aromatic carbocycles. The van der Waals surface area contributed by atoms with Crippen LogP contribution in [0.2, 0.25) is 5.02 Å². The Hall–Kier alpha value is -1.59. The Kier molecular flexibility index (Phi) is 4.85. The normalized spacial score (nSPS) is 10.5. The number of aryl methyl sites for hydroxylation is 2. The van der Waals surface area contributed by atoms with Crippen LogP contribution in [0.3, 0.4) is 0 Å². The molecule has 0 saturated carbocycles. The molecule has 0 spiro atoms. The zero-order chi connectivity index (χ0) is 15.6. The first-order valence-corrected chi connectivity index (χ1v) is 7.38. The van der Waals surface area contributed by atoms with Gasteiger partial charge in [0.15, 0.2) is 5.75 Å². The quantitative estimate of drug-likeness (QED) is 0.548. The van der Waals surface area contributed by atoms with Crippen LogP contribution in [0.25, 0.3) is 0 Å². The summed E-state index contributed by atoms with van der Waals surface area (Å²) in [5, 5.41) is 11.7. The molecule has 0 aromatic heterocycles. The van der Waals surface area contributed by atoms with Crippen molar-refractivity contribution in [3.63, 3.8) is 0 Å². The molecule has 4 nitrogen and oxygen atoms in total. The average molecular weight is 371 g/mol. The van der Waals surface area contributed by atoms with Gasteiger partial charge in [-0.05, 0) is 37.1 Å². The van der Waals surface area contributed by atoms with Crippen LogP contribution in [0.15, 0.2) is 34.8 Å². The van der Waals surface area contributed by atoms with E-state index in [4.69, 9.17) is 16.3 Å². The molecule has 0 radical (unpaired) electrons. The molecule has 2 rings (SSSR count). The van der Waals surface area contributed by atoms with E-state index in [9.17, 15) is 10.1 Å². The van der Waals surface area contributed by atoms with E-state index in [1.165, 1.54) is 6.07 Å². The van der Waals surface area contributed by atoms with Crippen molar-refractivity contribution in [3.8, 4) is 5.75 Å². The number of hydrogen-bond donors (Lipinski definition) is 0. The van der Waals surface area contributed by atoms with E-state index >= 15 is 0 Å². The highest BCUT2D eigenvalue weighted by Crippen LogP contribution is 2.33. The van der Waals surface area contributed by atoms with Gasteiger partial charge in [-0.15, -0.1) is 0 Å². The zero-order valence-electron chi connectivity index (χ0n) is 11.5. The molecule has 0 N–H and O–H groups in total. The Labute approximate surface area is 136 Å². The van der Waals surface area contributed by atoms with Crippen molar-refractivity contribution in [2.24, 2.45) is 0 Å². The number of halogens is 2. The minimum Gasteiger partial charge on any atom is -0.482 e. The van der Waals surface area contributed by atoms with Gasteiger partial charge < -0.3 is 4.74 Å². The van der Waals surface area contributed by atoms with Gasteiger partial charge in [-0.1, -0.05) is 39.7 Å². The molecule has 0 aliphatic carbocycles. The highest BCUT2D eigenvalue weighted by Gasteiger charge is 2.18. The predicted molar refractivity (Wildman–Crippen MR) is 86.1 cm³/mol. The molecule has 0 amide bonds. The Morgan fingerprint density at radius 1 is 1.29 bits per heavy atom. The van der Waals surface area contributed by atoms with Gasteiger partial charge in [0.05, 0.1) is 4.92 Å². The minimum atomic E-state index is -0.432. The summed E-state index contributed by atoms with van der Waals surface area (Å²) in [6.07, 6.45) is 0. The number of nitro groups is 1. The van der Waals surface area contributed by atoms with Gasteiger partial charge in [-0.3, -0.25) is 10.1 Å². The summed E-state index contributed by atoms with van der Waals surface area (Å²) in [5.74, 6) is 0.282. The Morgan fingerprint density at radius 3 is 2.62 bits per heavy atom. The maximum absolute atomic E-state index is 11.1. The third kappa shape index (κ3) is 3.74. The van der Waals surface area contributed by atoms with Crippen LogP contribution < -0.4 is 4.74 Å². The van der Waals surface area contributed by atoms with Gasteiger partial charge in [0.1, 0.15) is 6.61 Å². The van der Waals surface area contributed by atoms with Crippen LogP contribution in [0.5, 0.6) is 5.75 Å². The van der Waals surface area contributed by atoms with Crippen molar-refractivity contribution in [2.75, 3.05) is 0 Å². The monoisotopic (exact) mass is 369 g/mol. The largest absolute Gasteiger partial charge is 0.482 e. The van der Waals surface area contributed by atoms with Crippen molar-refractivity contribution < 1.29 is 9.66 Å². The lowest BCUT2D eigenvalue weighted by molar-refractivity contribution is -0.386. The molecule has 0 aliphatic heterocycles. The average Bonchev–Trinajstić information content (AvgIpc) is 2.38. The van der Waals surface area contributed by atoms with Crippen LogP contribution in [0, 0.1) is 24.0 Å². The van der Waals surface area contributed by atoms with Crippen LogP contribution >= 0.6 is 27.5 Å². The summed E-state index contributed by atoms with van der Waals surface area (Å²) in [4.78, 5) is 10.7. The predicted octanol–water partition coefficient (Wildman–Crippen LogP) is 5.21. The summed E-state index contributed by atoms with van der Waals surface area (Å²) in [7, 11) is 0. The number of rotatable bonds is 4. The first-order valence-electron chi connectivity index (χ1n) is 6.21. The number of hydrogen-bond acceptors (Lipinski definition) is 3. The SMILES string of the molecule is Cc1cc(C)c(OCc2ccc(Br)cc2Cl)c([N+](=O)[O-])c1. The third-order valence-corrected chi connectivity index (χ3v) is 3.83. The molecular weight excluding hydrogens is 358 g/mol. The van der Waals surface area contributed by atoms with Gasteiger partial charge in [0.2, 0.25) is 0 Å². The maximum atomic E-state index is 11.1. The summed E-state index contributed by atoms with van der Waals surface area (Å²) < 4.78 is 6.52. The van der Waals surface area contributed by atoms with E-state index in [2.05, 4.69) is 15.9 Å². The summed E-state index contributed by atoms with van der Waals surface area (Å²) in [6.45, 7) is 3.78. The number of nitrogens with zero attached hydrogens (tertiary/aromatic N) is 1. The smallest absolute Gasteiger partial charge is 0.311 e. The van der Waals surface area contributed by atoms with Crippen molar-refractivity contribution in [1.29, 1.82) is 0 Å². The Bertz CT molecular complexity index is 704. The van der Waals surface area contributed by atoms with Gasteiger partial charge in [-0.25, -0.2) is 0 Å². The van der Waals surface area contributed by atoms with Gasteiger partial charge in [0, 0.05) is 21.1 Å². The molecule has 21 heavy (non-hydrogen) atoms. The molecule has 0 fully saturated rings. The zero-order valence-corrected chi connectivity index (χ0v) is 13.9. The standard InChI is InChI=1S/C15H13BrClNO3/c1-9-5-10(2)15(14(6-9)18(19)20)21-8-11-3-4-12(16)7-13(11)17/h3-7H,8H2,1-2H3. The second-order valence-corrected chi connectivity index (χ2v) is 6.03. The molecule has 0 atom stereocenters. The molecule has 0 aliphatic rings. The highest BCUT2D eigenvalue weighted by atomic mass is 79.9. The van der Waals surface area contributed by atoms with Gasteiger partial charge in [0.25, 0.3) is 0 Å². The number of ether oxygens (including phenoxy) is 1. The van der Waals surface area contributed by atoms with E-state index in [0.717, 1.165) is 21.2 Å². The topological polar surface area (TPSA) is 52.4 Å². The molecule has 2 aromatic rings. The molecule has 110 valence electrons. The fraction of sp³-hybridized carbons (Fsp3) is 0.200. The van der Waals surface area contributed by atoms with Crippen LogP contribution in [0.1, 0.15) is 16.7 Å². The maximum Gasteiger partial charge on any atom is 0.311 e. The summed E-state index contributed by atoms with van der Waals surface area (Å²) in [6, 6.07) is 8.79. The Balaban J connectivity index is 2.29. The second-order valence-electron chi connectivity index (χ2n) is 4.71. The van der Waals surface area contributed by atoms with Gasteiger partial charge in [-0.2, -0.15) is 0 Å². The van der Waals surface area contributed by atoms with Crippen molar-refractivity contribution in [1.82, 2.24) is 0 Å². The third-order valence-electron chi connectivity index (χ3n) is 2.98. The fourth-order valence-corrected chi connectivity index (χ4v) is 2.77. The number of benzene rings is 2.